The molecule has 20 heteroatoms. The van der Waals surface area contributed by atoms with E-state index in [4.69, 9.17) is 57.1 Å². The molecular weight excluding hydrogens is 608 g/mol. The summed E-state index contributed by atoms with van der Waals surface area (Å²) in [5, 5.41) is 76.1. The van der Waals surface area contributed by atoms with Gasteiger partial charge >= 0.3 is 0 Å². The van der Waals surface area contributed by atoms with E-state index >= 15 is 0 Å². The van der Waals surface area contributed by atoms with Crippen molar-refractivity contribution < 1.29 is 69.0 Å². The fourth-order valence-electron chi connectivity index (χ4n) is 5.96. The SMILES string of the molecule is CC(=O)NC[C@H]1O[C@H](O[C@H]2[C@H](O[C@@H]3O[C@H](CO)[C@@H](O[C@H]4O[C@@H](CN)[C@@H](O)[C@H](O)[C@H]4N)[C@H]3O)[C@@H](O)[C@H](N)C[C@@H]2N)[C@H](N)[C@@H](O)[C@@H]1O. The molecule has 262 valence electrons. The van der Waals surface area contributed by atoms with Crippen LogP contribution < -0.4 is 34.0 Å². The minimum atomic E-state index is -1.63. The molecule has 0 aromatic rings. The lowest BCUT2D eigenvalue weighted by molar-refractivity contribution is -0.307. The zero-order valence-corrected chi connectivity index (χ0v) is 24.7. The van der Waals surface area contributed by atoms with Gasteiger partial charge in [-0.3, -0.25) is 4.79 Å². The molecule has 0 aromatic heterocycles. The van der Waals surface area contributed by atoms with Crippen molar-refractivity contribution in [2.24, 2.45) is 28.7 Å². The third kappa shape index (κ3) is 7.74. The van der Waals surface area contributed by atoms with E-state index in [1.807, 2.05) is 0 Å². The molecule has 0 aromatic carbocycles. The van der Waals surface area contributed by atoms with Crippen LogP contribution in [0.3, 0.4) is 0 Å². The Morgan fingerprint density at radius 3 is 1.76 bits per heavy atom. The maximum absolute atomic E-state index is 11.4. The molecule has 4 rings (SSSR count). The molecule has 1 amide bonds. The maximum atomic E-state index is 11.4. The maximum Gasteiger partial charge on any atom is 0.216 e. The van der Waals surface area contributed by atoms with E-state index < -0.39 is 129 Å². The molecular formula is C25H48N6O14. The van der Waals surface area contributed by atoms with Crippen LogP contribution in [0, 0.1) is 0 Å². The predicted octanol–water partition coefficient (Wildman–Crippen LogP) is -8.72. The topological polar surface area (TPSA) is 356 Å². The molecule has 3 saturated heterocycles. The predicted molar refractivity (Wildman–Crippen MR) is 148 cm³/mol. The van der Waals surface area contributed by atoms with Gasteiger partial charge in [0.25, 0.3) is 0 Å². The number of nitrogens with two attached hydrogens (primary N) is 5. The van der Waals surface area contributed by atoms with Crippen molar-refractivity contribution in [2.75, 3.05) is 19.7 Å². The molecule has 0 unspecified atom stereocenters. The third-order valence-corrected chi connectivity index (χ3v) is 8.69. The van der Waals surface area contributed by atoms with E-state index in [2.05, 4.69) is 5.32 Å². The van der Waals surface area contributed by atoms with Crippen LogP contribution in [-0.4, -0.2) is 178 Å². The van der Waals surface area contributed by atoms with E-state index in [0.29, 0.717) is 0 Å². The van der Waals surface area contributed by atoms with E-state index in [9.17, 15) is 40.5 Å². The zero-order chi connectivity index (χ0) is 33.3. The highest BCUT2D eigenvalue weighted by molar-refractivity contribution is 5.72. The standard InChI is InChI=1S/C25H48N6O14/c1-6(33)31-4-10-16(36)18(38)13(30)24(41-10)43-20-8(28)2-7(27)14(34)22(20)45-25-19(39)21(11(5-32)42-25)44-23-12(29)17(37)15(35)9(3-26)40-23/h7-25,32,34-39H,2-5,26-30H2,1H3,(H,31,33)/t7-,8+,9+,10-,11-,12-,13-,14+,15-,16-,17-,18-,19-,20-,21-,22-,23-,24-,25+/m1/s1. The summed E-state index contributed by atoms with van der Waals surface area (Å²) >= 11 is 0. The van der Waals surface area contributed by atoms with Crippen LogP contribution in [0.15, 0.2) is 0 Å². The van der Waals surface area contributed by atoms with Crippen LogP contribution in [0.25, 0.3) is 0 Å². The Kier molecular flexibility index (Phi) is 12.5. The number of hydrogen-bond donors (Lipinski definition) is 13. The second-order valence-electron chi connectivity index (χ2n) is 11.9. The molecule has 3 heterocycles. The molecule has 18 N–H and O–H groups in total. The molecule has 0 radical (unpaired) electrons. The lowest BCUT2D eigenvalue weighted by Gasteiger charge is -2.47. The lowest BCUT2D eigenvalue weighted by Crippen LogP contribution is -2.68. The fourth-order valence-corrected chi connectivity index (χ4v) is 5.96. The number of aliphatic hydroxyl groups is 7. The highest BCUT2D eigenvalue weighted by Gasteiger charge is 2.54. The van der Waals surface area contributed by atoms with Crippen LogP contribution in [0.1, 0.15) is 13.3 Å². The molecule has 20 nitrogen and oxygen atoms in total. The van der Waals surface area contributed by atoms with E-state index in [1.54, 1.807) is 0 Å². The highest BCUT2D eigenvalue weighted by atomic mass is 16.8. The first-order chi connectivity index (χ1) is 21.2. The van der Waals surface area contributed by atoms with Crippen molar-refractivity contribution in [3.05, 3.63) is 0 Å². The number of amides is 1. The normalized spacial score (nSPS) is 50.8. The van der Waals surface area contributed by atoms with Crippen molar-refractivity contribution in [2.45, 2.75) is 130 Å². The Bertz CT molecular complexity index is 975. The van der Waals surface area contributed by atoms with Crippen molar-refractivity contribution in [3.63, 3.8) is 0 Å². The van der Waals surface area contributed by atoms with Gasteiger partial charge in [-0.25, -0.2) is 0 Å². The van der Waals surface area contributed by atoms with Gasteiger partial charge in [0.05, 0.1) is 24.8 Å². The van der Waals surface area contributed by atoms with Gasteiger partial charge in [0.2, 0.25) is 5.91 Å². The summed E-state index contributed by atoms with van der Waals surface area (Å²) < 4.78 is 34.9. The number of carbonyl (C=O) groups is 1. The van der Waals surface area contributed by atoms with Crippen LogP contribution in [0.4, 0.5) is 0 Å². The Labute approximate surface area is 258 Å². The van der Waals surface area contributed by atoms with Crippen molar-refractivity contribution in [1.29, 1.82) is 0 Å². The Morgan fingerprint density at radius 2 is 1.20 bits per heavy atom. The zero-order valence-electron chi connectivity index (χ0n) is 24.7. The van der Waals surface area contributed by atoms with Gasteiger partial charge in [-0.2, -0.15) is 0 Å². The molecule has 45 heavy (non-hydrogen) atoms. The number of carbonyl (C=O) groups excluding carboxylic acids is 1. The summed E-state index contributed by atoms with van der Waals surface area (Å²) in [6, 6.07) is -4.34. The summed E-state index contributed by atoms with van der Waals surface area (Å²) in [5.41, 5.74) is 30.1. The number of rotatable bonds is 10. The van der Waals surface area contributed by atoms with E-state index in [-0.39, 0.29) is 19.5 Å². The monoisotopic (exact) mass is 656 g/mol. The number of ether oxygens (including phenoxy) is 6. The quantitative estimate of drug-likeness (QED) is 0.104. The van der Waals surface area contributed by atoms with Gasteiger partial charge in [0.1, 0.15) is 67.1 Å². The lowest BCUT2D eigenvalue weighted by atomic mass is 9.84. The molecule has 1 aliphatic carbocycles. The number of nitrogens with one attached hydrogen (secondary N) is 1. The first-order valence-corrected chi connectivity index (χ1v) is 14.8. The van der Waals surface area contributed by atoms with E-state index in [0.717, 1.165) is 0 Å². The molecule has 0 bridgehead atoms. The van der Waals surface area contributed by atoms with Crippen LogP contribution in [-0.2, 0) is 33.2 Å². The second kappa shape index (κ2) is 15.3. The van der Waals surface area contributed by atoms with Crippen LogP contribution in [0.5, 0.6) is 0 Å². The smallest absolute Gasteiger partial charge is 0.216 e. The van der Waals surface area contributed by atoms with Gasteiger partial charge in [0, 0.05) is 32.1 Å². The number of hydrogen-bond acceptors (Lipinski definition) is 19. The van der Waals surface area contributed by atoms with Crippen molar-refractivity contribution >= 4 is 5.91 Å². The van der Waals surface area contributed by atoms with Crippen LogP contribution >= 0.6 is 0 Å². The first kappa shape index (κ1) is 36.6. The average Bonchev–Trinajstić information content (AvgIpc) is 3.30. The minimum absolute atomic E-state index is 0.0562. The minimum Gasteiger partial charge on any atom is -0.394 e. The summed E-state index contributed by atoms with van der Waals surface area (Å²) in [5.74, 6) is -0.406. The summed E-state index contributed by atoms with van der Waals surface area (Å²) in [6.45, 7) is 0.245. The van der Waals surface area contributed by atoms with Gasteiger partial charge in [0.15, 0.2) is 18.9 Å². The van der Waals surface area contributed by atoms with Gasteiger partial charge in [-0.15, -0.1) is 0 Å². The summed E-state index contributed by atoms with van der Waals surface area (Å²) in [4.78, 5) is 11.4. The molecule has 4 aliphatic rings. The average molecular weight is 657 g/mol. The molecule has 0 spiro atoms. The summed E-state index contributed by atoms with van der Waals surface area (Å²) in [6.07, 6.45) is -20.5. The Balaban J connectivity index is 1.49. The molecule has 1 saturated carbocycles. The third-order valence-electron chi connectivity index (χ3n) is 8.69. The van der Waals surface area contributed by atoms with E-state index in [1.165, 1.54) is 6.92 Å². The molecule has 4 fully saturated rings. The highest BCUT2D eigenvalue weighted by Crippen LogP contribution is 2.34. The van der Waals surface area contributed by atoms with Gasteiger partial charge < -0.3 is 98.2 Å². The first-order valence-electron chi connectivity index (χ1n) is 14.8. The van der Waals surface area contributed by atoms with Crippen LogP contribution in [0.2, 0.25) is 0 Å². The van der Waals surface area contributed by atoms with Gasteiger partial charge in [-0.1, -0.05) is 0 Å². The Hall–Kier alpha value is -1.25. The van der Waals surface area contributed by atoms with Crippen molar-refractivity contribution in [1.82, 2.24) is 5.32 Å². The number of aliphatic hydroxyl groups excluding tert-OH is 7. The second-order valence-corrected chi connectivity index (χ2v) is 11.9. The largest absolute Gasteiger partial charge is 0.394 e. The Morgan fingerprint density at radius 1 is 0.689 bits per heavy atom. The van der Waals surface area contributed by atoms with Crippen molar-refractivity contribution in [3.8, 4) is 0 Å². The molecule has 3 aliphatic heterocycles. The summed E-state index contributed by atoms with van der Waals surface area (Å²) in [7, 11) is 0. The van der Waals surface area contributed by atoms with Gasteiger partial charge in [-0.05, 0) is 6.42 Å². The fraction of sp³-hybridized carbons (Fsp3) is 0.960. The molecule has 19 atom stereocenters.